The highest BCUT2D eigenvalue weighted by Gasteiger charge is 2.23. The highest BCUT2D eigenvalue weighted by atomic mass is 16.2. The van der Waals surface area contributed by atoms with Crippen LogP contribution < -0.4 is 16.4 Å². The first-order valence-electron chi connectivity index (χ1n) is 13.0. The van der Waals surface area contributed by atoms with Crippen LogP contribution in [0.4, 0.5) is 0 Å². The van der Waals surface area contributed by atoms with Crippen molar-refractivity contribution >= 4 is 22.3 Å². The van der Waals surface area contributed by atoms with E-state index in [0.29, 0.717) is 50.2 Å². The van der Waals surface area contributed by atoms with Gasteiger partial charge in [-0.15, -0.1) is 0 Å². The largest absolute Gasteiger partial charge is 0.344 e. The molecule has 6 aromatic rings. The van der Waals surface area contributed by atoms with Gasteiger partial charge < -0.3 is 10.3 Å². The van der Waals surface area contributed by atoms with E-state index in [1.165, 1.54) is 12.3 Å². The quantitative estimate of drug-likeness (QED) is 0.329. The zero-order valence-electron chi connectivity index (χ0n) is 22.3. The number of aryl methyl sites for hydroxylation is 1. The summed E-state index contributed by atoms with van der Waals surface area (Å²) in [5, 5.41) is 8.60. The lowest BCUT2D eigenvalue weighted by Crippen LogP contribution is -2.32. The fraction of sp³-hybridized carbons (Fsp3) is 0.0938. The number of nitrogens with one attached hydrogen (secondary N) is 2. The number of carbonyl (C=O) groups is 1. The van der Waals surface area contributed by atoms with Crippen molar-refractivity contribution < 1.29 is 4.79 Å². The summed E-state index contributed by atoms with van der Waals surface area (Å²) in [4.78, 5) is 46.0. The molecule has 0 aliphatic heterocycles. The molecule has 0 spiro atoms. The number of carbonyl (C=O) groups excluding carboxylic acids is 1. The van der Waals surface area contributed by atoms with Crippen molar-refractivity contribution in [3.8, 4) is 17.5 Å². The summed E-state index contributed by atoms with van der Waals surface area (Å²) in [7, 11) is 0. The van der Waals surface area contributed by atoms with E-state index in [4.69, 9.17) is 0 Å². The third-order valence-corrected chi connectivity index (χ3v) is 6.80. The summed E-state index contributed by atoms with van der Waals surface area (Å²) in [6.45, 7) is 3.60. The van der Waals surface area contributed by atoms with Gasteiger partial charge in [0.25, 0.3) is 11.5 Å². The number of nitrogens with zero attached hydrogens (tertiary/aromatic N) is 4. The molecule has 0 bridgehead atoms. The number of rotatable bonds is 4. The van der Waals surface area contributed by atoms with E-state index in [-0.39, 0.29) is 17.0 Å². The molecule has 41 heavy (non-hydrogen) atoms. The third-order valence-electron chi connectivity index (χ3n) is 6.80. The van der Waals surface area contributed by atoms with E-state index in [2.05, 4.69) is 32.2 Å². The maximum Gasteiger partial charge on any atom is 0.264 e. The van der Waals surface area contributed by atoms with Crippen molar-refractivity contribution in [3.63, 3.8) is 0 Å². The van der Waals surface area contributed by atoms with Crippen molar-refractivity contribution in [1.29, 1.82) is 0 Å². The molecule has 0 radical (unpaired) electrons. The number of benzene rings is 2. The maximum atomic E-state index is 14.2. The van der Waals surface area contributed by atoms with Crippen molar-refractivity contribution in [2.24, 2.45) is 0 Å². The molecule has 0 saturated carbocycles. The standard InChI is InChI=1S/C32H24N6O3/c1-20(35-31(40)28-21(2)36-37-17-7-16-33-30(28)37)26-18-24-9-6-8-23(14-12-22-13-15-27(39)34-19-22)29(24)32(41)38(26)25-10-4-3-5-11-25/h3-11,13,15-20H,1-2H3,(H,34,39)(H,35,40). The average molecular weight is 541 g/mol. The third kappa shape index (κ3) is 4.79. The molecule has 2 aromatic carbocycles. The lowest BCUT2D eigenvalue weighted by atomic mass is 10.0. The van der Waals surface area contributed by atoms with Gasteiger partial charge in [-0.1, -0.05) is 42.2 Å². The summed E-state index contributed by atoms with van der Waals surface area (Å²) in [5.41, 5.74) is 3.36. The van der Waals surface area contributed by atoms with E-state index in [9.17, 15) is 14.4 Å². The molecule has 1 atom stereocenters. The van der Waals surface area contributed by atoms with Crippen molar-refractivity contribution in [2.45, 2.75) is 19.9 Å². The second kappa shape index (κ2) is 10.4. The van der Waals surface area contributed by atoms with E-state index in [1.807, 2.05) is 55.5 Å². The summed E-state index contributed by atoms with van der Waals surface area (Å²) in [6.07, 6.45) is 4.89. The molecule has 6 rings (SSSR count). The Labute approximate surface area is 234 Å². The molecule has 9 heteroatoms. The summed E-state index contributed by atoms with van der Waals surface area (Å²) < 4.78 is 3.18. The van der Waals surface area contributed by atoms with Crippen LogP contribution in [0.3, 0.4) is 0 Å². The Morgan fingerprint density at radius 1 is 1.00 bits per heavy atom. The fourth-order valence-electron chi connectivity index (χ4n) is 4.88. The van der Waals surface area contributed by atoms with Crippen LogP contribution in [0.2, 0.25) is 0 Å². The topological polar surface area (TPSA) is 114 Å². The molecule has 9 nitrogen and oxygen atoms in total. The van der Waals surface area contributed by atoms with Gasteiger partial charge in [0, 0.05) is 47.2 Å². The molecule has 4 aromatic heterocycles. The van der Waals surface area contributed by atoms with Gasteiger partial charge in [-0.25, -0.2) is 9.50 Å². The fourth-order valence-corrected chi connectivity index (χ4v) is 4.88. The number of para-hydroxylation sites is 1. The number of amides is 1. The Bertz CT molecular complexity index is 2110. The number of aromatic nitrogens is 5. The molecule has 2 N–H and O–H groups in total. The predicted molar refractivity (Wildman–Crippen MR) is 156 cm³/mol. The molecule has 0 aliphatic carbocycles. The van der Waals surface area contributed by atoms with Crippen LogP contribution >= 0.6 is 0 Å². The van der Waals surface area contributed by atoms with Gasteiger partial charge in [-0.2, -0.15) is 5.10 Å². The molecule has 4 heterocycles. The number of hydrogen-bond donors (Lipinski definition) is 2. The van der Waals surface area contributed by atoms with Crippen LogP contribution in [0.25, 0.3) is 22.1 Å². The van der Waals surface area contributed by atoms with Crippen molar-refractivity contribution in [2.75, 3.05) is 0 Å². The Kier molecular flexibility index (Phi) is 6.49. The van der Waals surface area contributed by atoms with E-state index in [0.717, 1.165) is 0 Å². The minimum absolute atomic E-state index is 0.215. The van der Waals surface area contributed by atoms with Crippen LogP contribution in [0.15, 0.2) is 101 Å². The van der Waals surface area contributed by atoms with Gasteiger partial charge >= 0.3 is 0 Å². The Balaban J connectivity index is 1.47. The van der Waals surface area contributed by atoms with Gasteiger partial charge in [-0.3, -0.25) is 19.0 Å². The van der Waals surface area contributed by atoms with Gasteiger partial charge in [0.05, 0.1) is 17.1 Å². The van der Waals surface area contributed by atoms with Gasteiger partial charge in [-0.05, 0) is 55.6 Å². The molecule has 200 valence electrons. The maximum absolute atomic E-state index is 14.2. The lowest BCUT2D eigenvalue weighted by Gasteiger charge is -2.21. The molecule has 1 amide bonds. The van der Waals surface area contributed by atoms with Gasteiger partial charge in [0.15, 0.2) is 5.65 Å². The number of pyridine rings is 2. The predicted octanol–water partition coefficient (Wildman–Crippen LogP) is 3.92. The van der Waals surface area contributed by atoms with E-state index in [1.54, 1.807) is 46.6 Å². The van der Waals surface area contributed by atoms with Crippen molar-refractivity contribution in [1.82, 2.24) is 29.5 Å². The molecule has 0 saturated heterocycles. The van der Waals surface area contributed by atoms with Crippen LogP contribution in [0, 0.1) is 18.8 Å². The number of fused-ring (bicyclic) bond motifs is 2. The minimum atomic E-state index is -0.547. The first-order chi connectivity index (χ1) is 19.9. The number of hydrogen-bond acceptors (Lipinski definition) is 5. The summed E-state index contributed by atoms with van der Waals surface area (Å²) in [5.74, 6) is 5.78. The van der Waals surface area contributed by atoms with Crippen LogP contribution in [-0.4, -0.2) is 30.1 Å². The average Bonchev–Trinajstić information content (AvgIpc) is 3.32. The zero-order chi connectivity index (χ0) is 28.5. The smallest absolute Gasteiger partial charge is 0.264 e. The SMILES string of the molecule is Cc1nn2cccnc2c1C(=O)NC(C)c1cc2cccc(C#Cc3ccc(=O)[nH]c3)c2c(=O)n1-c1ccccc1. The normalized spacial score (nSPS) is 11.7. The zero-order valence-corrected chi connectivity index (χ0v) is 22.3. The Hall–Kier alpha value is -5.75. The van der Waals surface area contributed by atoms with Crippen molar-refractivity contribution in [3.05, 3.63) is 140 Å². The van der Waals surface area contributed by atoms with Crippen LogP contribution in [-0.2, 0) is 0 Å². The monoisotopic (exact) mass is 540 g/mol. The second-order valence-electron chi connectivity index (χ2n) is 9.55. The van der Waals surface area contributed by atoms with E-state index >= 15 is 0 Å². The number of H-pyrrole nitrogens is 1. The molecular formula is C32H24N6O3. The van der Waals surface area contributed by atoms with Crippen LogP contribution in [0.1, 0.15) is 45.8 Å². The Morgan fingerprint density at radius 3 is 2.61 bits per heavy atom. The highest BCUT2D eigenvalue weighted by Crippen LogP contribution is 2.24. The summed E-state index contributed by atoms with van der Waals surface area (Å²) in [6, 6.07) is 20.9. The first-order valence-corrected chi connectivity index (χ1v) is 13.0. The minimum Gasteiger partial charge on any atom is -0.344 e. The molecule has 1 unspecified atom stereocenters. The number of aromatic amines is 1. The van der Waals surface area contributed by atoms with Gasteiger partial charge in [0.1, 0.15) is 5.56 Å². The molecule has 0 fully saturated rings. The highest BCUT2D eigenvalue weighted by molar-refractivity contribution is 6.01. The second-order valence-corrected chi connectivity index (χ2v) is 9.55. The summed E-state index contributed by atoms with van der Waals surface area (Å²) >= 11 is 0. The molecular weight excluding hydrogens is 516 g/mol. The molecule has 0 aliphatic rings. The van der Waals surface area contributed by atoms with Crippen LogP contribution in [0.5, 0.6) is 0 Å². The first kappa shape index (κ1) is 25.5. The lowest BCUT2D eigenvalue weighted by molar-refractivity contribution is 0.0939. The van der Waals surface area contributed by atoms with Gasteiger partial charge in [0.2, 0.25) is 5.56 Å². The Morgan fingerprint density at radius 2 is 1.83 bits per heavy atom. The van der Waals surface area contributed by atoms with E-state index < -0.39 is 6.04 Å².